The lowest BCUT2D eigenvalue weighted by Gasteiger charge is -2.37. The number of aromatic nitrogens is 1. The molecule has 19 heavy (non-hydrogen) atoms. The molecule has 0 radical (unpaired) electrons. The summed E-state index contributed by atoms with van der Waals surface area (Å²) in [5.41, 5.74) is 6.81. The maximum absolute atomic E-state index is 12.3. The molecule has 0 aromatic carbocycles. The minimum absolute atomic E-state index is 0.165. The molecule has 2 unspecified atom stereocenters. The number of hydrogen-bond donors (Lipinski definition) is 1. The fraction of sp³-hybridized carbons (Fsp3) is 0.600. The van der Waals surface area contributed by atoms with Crippen molar-refractivity contribution < 1.29 is 4.79 Å². The van der Waals surface area contributed by atoms with Crippen LogP contribution >= 0.6 is 0 Å². The van der Waals surface area contributed by atoms with Crippen molar-refractivity contribution in [3.8, 4) is 0 Å². The molecule has 2 atom stereocenters. The van der Waals surface area contributed by atoms with Crippen molar-refractivity contribution in [3.63, 3.8) is 0 Å². The van der Waals surface area contributed by atoms with Gasteiger partial charge in [-0.1, -0.05) is 18.9 Å². The molecule has 104 valence electrons. The van der Waals surface area contributed by atoms with E-state index >= 15 is 0 Å². The van der Waals surface area contributed by atoms with Gasteiger partial charge in [0.2, 0.25) is 5.91 Å². The lowest BCUT2D eigenvalue weighted by molar-refractivity contribution is -0.132. The molecule has 0 spiro atoms. The molecular formula is C15H23N3O. The molecule has 1 aliphatic rings. The van der Waals surface area contributed by atoms with Crippen molar-refractivity contribution in [3.05, 3.63) is 30.1 Å². The van der Waals surface area contributed by atoms with Crippen LogP contribution in [0.2, 0.25) is 0 Å². The monoisotopic (exact) mass is 261 g/mol. The second-order valence-corrected chi connectivity index (χ2v) is 5.39. The summed E-state index contributed by atoms with van der Waals surface area (Å²) in [4.78, 5) is 18.3. The lowest BCUT2D eigenvalue weighted by atomic mass is 9.83. The third-order valence-electron chi connectivity index (χ3n) is 4.14. The predicted octanol–water partition coefficient (Wildman–Crippen LogP) is 1.60. The molecule has 1 saturated carbocycles. The number of rotatable bonds is 4. The van der Waals surface area contributed by atoms with Crippen molar-refractivity contribution >= 4 is 5.91 Å². The molecule has 1 heterocycles. The van der Waals surface area contributed by atoms with Crippen LogP contribution in [-0.4, -0.2) is 35.4 Å². The topological polar surface area (TPSA) is 59.2 Å². The number of nitrogens with two attached hydrogens (primary N) is 1. The smallest absolute Gasteiger partial charge is 0.227 e. The number of amides is 1. The van der Waals surface area contributed by atoms with Gasteiger partial charge in [0, 0.05) is 25.5 Å². The summed E-state index contributed by atoms with van der Waals surface area (Å²) in [6.07, 6.45) is 8.58. The number of likely N-dealkylation sites (N-methyl/N-ethyl adjacent to an activating group) is 1. The zero-order valence-electron chi connectivity index (χ0n) is 11.6. The van der Waals surface area contributed by atoms with E-state index in [0.717, 1.165) is 18.4 Å². The lowest BCUT2D eigenvalue weighted by Crippen LogP contribution is -2.46. The van der Waals surface area contributed by atoms with Crippen LogP contribution in [-0.2, 0) is 11.2 Å². The Morgan fingerprint density at radius 1 is 1.47 bits per heavy atom. The highest BCUT2D eigenvalue weighted by Gasteiger charge is 2.29. The summed E-state index contributed by atoms with van der Waals surface area (Å²) in [6, 6.07) is 4.12. The molecule has 0 saturated heterocycles. The van der Waals surface area contributed by atoms with E-state index in [4.69, 9.17) is 5.73 Å². The zero-order valence-corrected chi connectivity index (χ0v) is 11.6. The minimum Gasteiger partial charge on any atom is -0.342 e. The van der Waals surface area contributed by atoms with E-state index in [1.165, 1.54) is 12.8 Å². The first-order valence-electron chi connectivity index (χ1n) is 7.07. The van der Waals surface area contributed by atoms with Crippen LogP contribution in [0.15, 0.2) is 24.5 Å². The molecule has 2 N–H and O–H groups in total. The summed E-state index contributed by atoms with van der Waals surface area (Å²) in [6.45, 7) is 0.676. The van der Waals surface area contributed by atoms with Gasteiger partial charge < -0.3 is 10.6 Å². The van der Waals surface area contributed by atoms with Gasteiger partial charge in [-0.2, -0.15) is 0 Å². The molecular weight excluding hydrogens is 238 g/mol. The summed E-state index contributed by atoms with van der Waals surface area (Å²) in [5.74, 6) is 0.620. The molecule has 1 amide bonds. The Morgan fingerprint density at radius 3 is 2.95 bits per heavy atom. The number of pyridine rings is 1. The first-order chi connectivity index (χ1) is 9.22. The molecule has 1 aromatic rings. The van der Waals surface area contributed by atoms with Gasteiger partial charge in [-0.05, 0) is 36.9 Å². The molecule has 0 bridgehead atoms. The second-order valence-electron chi connectivity index (χ2n) is 5.39. The van der Waals surface area contributed by atoms with Crippen LogP contribution in [0.5, 0.6) is 0 Å². The van der Waals surface area contributed by atoms with Gasteiger partial charge in [-0.15, -0.1) is 0 Å². The highest BCUT2D eigenvalue weighted by Crippen LogP contribution is 2.27. The number of carbonyl (C=O) groups is 1. The Balaban J connectivity index is 1.98. The average molecular weight is 261 g/mol. The Morgan fingerprint density at radius 2 is 2.26 bits per heavy atom. The van der Waals surface area contributed by atoms with Gasteiger partial charge in [-0.3, -0.25) is 9.78 Å². The van der Waals surface area contributed by atoms with Crippen LogP contribution in [0.25, 0.3) is 0 Å². The zero-order chi connectivity index (χ0) is 13.7. The van der Waals surface area contributed by atoms with E-state index in [9.17, 15) is 4.79 Å². The number of nitrogens with zero attached hydrogens (tertiary/aromatic N) is 2. The SMILES string of the molecule is CN(C(=O)Cc1cccnc1)C1CCCCC1CN. The van der Waals surface area contributed by atoms with Gasteiger partial charge in [0.15, 0.2) is 0 Å². The standard InChI is InChI=1S/C15H23N3O/c1-18(14-7-3-2-6-13(14)10-16)15(19)9-12-5-4-8-17-11-12/h4-5,8,11,13-14H,2-3,6-7,9-10,16H2,1H3. The Kier molecular flexibility index (Phi) is 4.91. The first kappa shape index (κ1) is 14.0. The van der Waals surface area contributed by atoms with Crippen molar-refractivity contribution in [2.45, 2.75) is 38.1 Å². The minimum atomic E-state index is 0.165. The fourth-order valence-electron chi connectivity index (χ4n) is 2.96. The Labute approximate surface area is 115 Å². The van der Waals surface area contributed by atoms with Crippen molar-refractivity contribution in [1.29, 1.82) is 0 Å². The number of hydrogen-bond acceptors (Lipinski definition) is 3. The highest BCUT2D eigenvalue weighted by atomic mass is 16.2. The van der Waals surface area contributed by atoms with Crippen LogP contribution in [0, 0.1) is 5.92 Å². The van der Waals surface area contributed by atoms with Gasteiger partial charge in [0.1, 0.15) is 0 Å². The van der Waals surface area contributed by atoms with Crippen LogP contribution in [0.3, 0.4) is 0 Å². The third-order valence-corrected chi connectivity index (χ3v) is 4.14. The Bertz CT molecular complexity index is 407. The largest absolute Gasteiger partial charge is 0.342 e. The van der Waals surface area contributed by atoms with Crippen LogP contribution < -0.4 is 5.73 Å². The molecule has 4 heteroatoms. The molecule has 1 aromatic heterocycles. The predicted molar refractivity (Wildman–Crippen MR) is 75.5 cm³/mol. The summed E-state index contributed by atoms with van der Waals surface area (Å²) >= 11 is 0. The second kappa shape index (κ2) is 6.66. The number of carbonyl (C=O) groups excluding carboxylic acids is 1. The first-order valence-corrected chi connectivity index (χ1v) is 7.07. The van der Waals surface area contributed by atoms with Gasteiger partial charge in [-0.25, -0.2) is 0 Å². The van der Waals surface area contributed by atoms with Crippen molar-refractivity contribution in [1.82, 2.24) is 9.88 Å². The third kappa shape index (κ3) is 3.53. The highest BCUT2D eigenvalue weighted by molar-refractivity contribution is 5.78. The summed E-state index contributed by atoms with van der Waals surface area (Å²) < 4.78 is 0. The Hall–Kier alpha value is -1.42. The maximum Gasteiger partial charge on any atom is 0.227 e. The van der Waals surface area contributed by atoms with Gasteiger partial charge in [0.25, 0.3) is 0 Å². The quantitative estimate of drug-likeness (QED) is 0.895. The maximum atomic E-state index is 12.3. The normalized spacial score (nSPS) is 23.1. The van der Waals surface area contributed by atoms with Crippen LogP contribution in [0.1, 0.15) is 31.2 Å². The van der Waals surface area contributed by atoms with Gasteiger partial charge >= 0.3 is 0 Å². The van der Waals surface area contributed by atoms with E-state index < -0.39 is 0 Å². The van der Waals surface area contributed by atoms with Crippen molar-refractivity contribution in [2.24, 2.45) is 11.7 Å². The van der Waals surface area contributed by atoms with E-state index in [0.29, 0.717) is 24.9 Å². The summed E-state index contributed by atoms with van der Waals surface area (Å²) in [5, 5.41) is 0. The summed E-state index contributed by atoms with van der Waals surface area (Å²) in [7, 11) is 1.91. The van der Waals surface area contributed by atoms with E-state index in [2.05, 4.69) is 4.98 Å². The van der Waals surface area contributed by atoms with E-state index in [-0.39, 0.29) is 5.91 Å². The fourth-order valence-corrected chi connectivity index (χ4v) is 2.96. The molecule has 4 nitrogen and oxygen atoms in total. The molecule has 2 rings (SSSR count). The molecule has 1 fully saturated rings. The molecule has 1 aliphatic carbocycles. The average Bonchev–Trinajstić information content (AvgIpc) is 2.47. The van der Waals surface area contributed by atoms with E-state index in [1.807, 2.05) is 24.1 Å². The van der Waals surface area contributed by atoms with Crippen LogP contribution in [0.4, 0.5) is 0 Å². The molecule has 0 aliphatic heterocycles. The van der Waals surface area contributed by atoms with Crippen molar-refractivity contribution in [2.75, 3.05) is 13.6 Å². The van der Waals surface area contributed by atoms with E-state index in [1.54, 1.807) is 12.4 Å². The van der Waals surface area contributed by atoms with Gasteiger partial charge in [0.05, 0.1) is 6.42 Å².